The van der Waals surface area contributed by atoms with Gasteiger partial charge in [0.1, 0.15) is 5.65 Å². The summed E-state index contributed by atoms with van der Waals surface area (Å²) in [6.45, 7) is 0. The zero-order chi connectivity index (χ0) is 14.4. The Morgan fingerprint density at radius 1 is 1.43 bits per heavy atom. The summed E-state index contributed by atoms with van der Waals surface area (Å²) in [6, 6.07) is 4.49. The summed E-state index contributed by atoms with van der Waals surface area (Å²) in [7, 11) is 0. The van der Waals surface area contributed by atoms with Gasteiger partial charge in [0.05, 0.1) is 5.56 Å². The maximum absolute atomic E-state index is 12.3. The molecule has 110 valence electrons. The molecular weight excluding hydrogens is 264 g/mol. The highest BCUT2D eigenvalue weighted by Gasteiger charge is 2.52. The van der Waals surface area contributed by atoms with Crippen LogP contribution in [0.15, 0.2) is 24.5 Å². The zero-order valence-electron chi connectivity index (χ0n) is 11.9. The molecule has 2 aromatic rings. The lowest BCUT2D eigenvalue weighted by molar-refractivity contribution is 0.0919. The Kier molecular flexibility index (Phi) is 2.79. The van der Waals surface area contributed by atoms with Crippen LogP contribution in [0, 0.1) is 5.41 Å². The quantitative estimate of drug-likeness (QED) is 0.788. The maximum atomic E-state index is 12.3. The second-order valence-corrected chi connectivity index (χ2v) is 6.56. The van der Waals surface area contributed by atoms with E-state index in [0.29, 0.717) is 17.0 Å². The first-order chi connectivity index (χ1) is 10.2. The Balaban J connectivity index is 1.41. The number of aromatic nitrogens is 2. The second kappa shape index (κ2) is 4.56. The highest BCUT2D eigenvalue weighted by Crippen LogP contribution is 2.54. The standard InChI is InChI=1S/C16H20N4O/c17-13-8-16(13)4-1-12(2-5-16)20-15(21)11-7-10-3-6-18-14(10)19-9-11/h3,6-7,9,12-13H,1-2,4-5,8,17H2,(H,18,19)(H,20,21). The molecule has 0 saturated heterocycles. The first-order valence-corrected chi connectivity index (χ1v) is 7.66. The summed E-state index contributed by atoms with van der Waals surface area (Å²) in [4.78, 5) is 19.6. The molecule has 4 rings (SSSR count). The number of nitrogens with zero attached hydrogens (tertiary/aromatic N) is 1. The van der Waals surface area contributed by atoms with E-state index in [4.69, 9.17) is 5.73 Å². The summed E-state index contributed by atoms with van der Waals surface area (Å²) < 4.78 is 0. The molecule has 4 N–H and O–H groups in total. The topological polar surface area (TPSA) is 83.8 Å². The van der Waals surface area contributed by atoms with Crippen molar-refractivity contribution in [2.24, 2.45) is 11.1 Å². The van der Waals surface area contributed by atoms with Crippen molar-refractivity contribution < 1.29 is 4.79 Å². The average molecular weight is 284 g/mol. The number of hydrogen-bond donors (Lipinski definition) is 3. The zero-order valence-corrected chi connectivity index (χ0v) is 11.9. The molecule has 2 aromatic heterocycles. The van der Waals surface area contributed by atoms with Gasteiger partial charge in [-0.05, 0) is 49.7 Å². The van der Waals surface area contributed by atoms with E-state index in [2.05, 4.69) is 15.3 Å². The fourth-order valence-corrected chi connectivity index (χ4v) is 3.62. The molecule has 1 atom stereocenters. The van der Waals surface area contributed by atoms with Gasteiger partial charge in [0.25, 0.3) is 5.91 Å². The predicted molar refractivity (Wildman–Crippen MR) is 80.8 cm³/mol. The molecule has 21 heavy (non-hydrogen) atoms. The highest BCUT2D eigenvalue weighted by atomic mass is 16.1. The Bertz CT molecular complexity index is 684. The van der Waals surface area contributed by atoms with E-state index in [-0.39, 0.29) is 11.9 Å². The van der Waals surface area contributed by atoms with Crippen LogP contribution in [-0.4, -0.2) is 28.0 Å². The van der Waals surface area contributed by atoms with Crippen molar-refractivity contribution in [3.63, 3.8) is 0 Å². The summed E-state index contributed by atoms with van der Waals surface area (Å²) in [5.74, 6) is -0.0216. The molecule has 5 nitrogen and oxygen atoms in total. The van der Waals surface area contributed by atoms with Crippen molar-refractivity contribution in [1.29, 1.82) is 0 Å². The molecule has 2 aliphatic carbocycles. The molecule has 0 radical (unpaired) electrons. The fraction of sp³-hybridized carbons (Fsp3) is 0.500. The number of rotatable bonds is 2. The Morgan fingerprint density at radius 2 is 2.19 bits per heavy atom. The number of amides is 1. The van der Waals surface area contributed by atoms with Gasteiger partial charge >= 0.3 is 0 Å². The Labute approximate surface area is 123 Å². The maximum Gasteiger partial charge on any atom is 0.253 e. The number of fused-ring (bicyclic) bond motifs is 1. The minimum Gasteiger partial charge on any atom is -0.349 e. The van der Waals surface area contributed by atoms with Crippen LogP contribution < -0.4 is 11.1 Å². The number of nitrogens with two attached hydrogens (primary N) is 1. The lowest BCUT2D eigenvalue weighted by Gasteiger charge is -2.29. The van der Waals surface area contributed by atoms with E-state index in [1.807, 2.05) is 18.3 Å². The number of carbonyl (C=O) groups is 1. The van der Waals surface area contributed by atoms with Crippen LogP contribution in [0.3, 0.4) is 0 Å². The number of aromatic amines is 1. The number of hydrogen-bond acceptors (Lipinski definition) is 3. The van der Waals surface area contributed by atoms with E-state index < -0.39 is 0 Å². The van der Waals surface area contributed by atoms with Gasteiger partial charge in [-0.25, -0.2) is 4.98 Å². The highest BCUT2D eigenvalue weighted by molar-refractivity contribution is 5.97. The molecule has 0 aliphatic heterocycles. The van der Waals surface area contributed by atoms with Gasteiger partial charge in [-0.1, -0.05) is 0 Å². The molecule has 0 bridgehead atoms. The van der Waals surface area contributed by atoms with Gasteiger partial charge in [-0.2, -0.15) is 0 Å². The van der Waals surface area contributed by atoms with Gasteiger partial charge in [0, 0.05) is 29.9 Å². The van der Waals surface area contributed by atoms with Crippen LogP contribution in [0.4, 0.5) is 0 Å². The first-order valence-electron chi connectivity index (χ1n) is 7.66. The van der Waals surface area contributed by atoms with E-state index in [9.17, 15) is 4.79 Å². The van der Waals surface area contributed by atoms with Gasteiger partial charge in [-0.3, -0.25) is 4.79 Å². The number of pyridine rings is 1. The van der Waals surface area contributed by atoms with E-state index >= 15 is 0 Å². The van der Waals surface area contributed by atoms with E-state index in [1.54, 1.807) is 6.20 Å². The van der Waals surface area contributed by atoms with Gasteiger partial charge in [0.15, 0.2) is 0 Å². The lowest BCUT2D eigenvalue weighted by atomic mass is 9.83. The monoisotopic (exact) mass is 284 g/mol. The van der Waals surface area contributed by atoms with Crippen molar-refractivity contribution in [1.82, 2.24) is 15.3 Å². The minimum atomic E-state index is -0.0216. The Hall–Kier alpha value is -1.88. The molecule has 2 fully saturated rings. The summed E-state index contributed by atoms with van der Waals surface area (Å²) in [5.41, 5.74) is 7.87. The molecular formula is C16H20N4O. The van der Waals surface area contributed by atoms with Crippen LogP contribution in [0.5, 0.6) is 0 Å². The first kappa shape index (κ1) is 12.8. The number of H-pyrrole nitrogens is 1. The van der Waals surface area contributed by atoms with Crippen LogP contribution in [0.25, 0.3) is 11.0 Å². The largest absolute Gasteiger partial charge is 0.349 e. The van der Waals surface area contributed by atoms with Crippen molar-refractivity contribution in [2.75, 3.05) is 0 Å². The van der Waals surface area contributed by atoms with E-state index in [1.165, 1.54) is 6.42 Å². The van der Waals surface area contributed by atoms with Gasteiger partial charge in [0.2, 0.25) is 0 Å². The van der Waals surface area contributed by atoms with Crippen LogP contribution in [0.2, 0.25) is 0 Å². The Morgan fingerprint density at radius 3 is 2.90 bits per heavy atom. The SMILES string of the molecule is NC1CC12CCC(NC(=O)c1cnc3[nH]ccc3c1)CC2. The van der Waals surface area contributed by atoms with Crippen molar-refractivity contribution in [2.45, 2.75) is 44.2 Å². The second-order valence-electron chi connectivity index (χ2n) is 6.56. The smallest absolute Gasteiger partial charge is 0.253 e. The van der Waals surface area contributed by atoms with Crippen LogP contribution in [-0.2, 0) is 0 Å². The summed E-state index contributed by atoms with van der Waals surface area (Å²) in [5, 5.41) is 4.11. The molecule has 1 unspecified atom stereocenters. The third-order valence-corrected chi connectivity index (χ3v) is 5.23. The van der Waals surface area contributed by atoms with Crippen LogP contribution in [0.1, 0.15) is 42.5 Å². The summed E-state index contributed by atoms with van der Waals surface area (Å²) >= 11 is 0. The third kappa shape index (κ3) is 2.21. The summed E-state index contributed by atoms with van der Waals surface area (Å²) in [6.07, 6.45) is 9.01. The predicted octanol–water partition coefficient (Wildman–Crippen LogP) is 1.95. The van der Waals surface area contributed by atoms with Gasteiger partial charge in [-0.15, -0.1) is 0 Å². The molecule has 2 saturated carbocycles. The normalized spacial score (nSPS) is 31.5. The molecule has 2 aliphatic rings. The van der Waals surface area contributed by atoms with Crippen LogP contribution >= 0.6 is 0 Å². The van der Waals surface area contributed by atoms with E-state index in [0.717, 1.165) is 36.7 Å². The fourth-order valence-electron chi connectivity index (χ4n) is 3.62. The van der Waals surface area contributed by atoms with Gasteiger partial charge < -0.3 is 16.0 Å². The van der Waals surface area contributed by atoms with Crippen molar-refractivity contribution >= 4 is 16.9 Å². The van der Waals surface area contributed by atoms with Crippen molar-refractivity contribution in [3.05, 3.63) is 30.1 Å². The lowest BCUT2D eigenvalue weighted by Crippen LogP contribution is -2.38. The molecule has 1 amide bonds. The number of carbonyl (C=O) groups excluding carboxylic acids is 1. The molecule has 1 spiro atoms. The molecule has 2 heterocycles. The third-order valence-electron chi connectivity index (χ3n) is 5.23. The molecule has 0 aromatic carbocycles. The number of nitrogens with one attached hydrogen (secondary N) is 2. The molecule has 5 heteroatoms. The van der Waals surface area contributed by atoms with Crippen molar-refractivity contribution in [3.8, 4) is 0 Å². The average Bonchev–Trinajstić information content (AvgIpc) is 2.91. The minimum absolute atomic E-state index is 0.0216.